The Bertz CT molecular complexity index is 1790. The maximum Gasteiger partial charge on any atom is 0.264 e. The van der Waals surface area contributed by atoms with Crippen molar-refractivity contribution in [3.8, 4) is 28.8 Å². The van der Waals surface area contributed by atoms with Gasteiger partial charge in [-0.2, -0.15) is 14.8 Å². The van der Waals surface area contributed by atoms with Crippen LogP contribution in [0.5, 0.6) is 11.5 Å². The normalized spacial score (nSPS) is 18.1. The number of hydrogen-bond donors (Lipinski definition) is 2. The number of piperidine rings is 1. The second-order valence-corrected chi connectivity index (χ2v) is 10.5. The minimum atomic E-state index is -1.19. The molecular weight excluding hydrogens is 549 g/mol. The fourth-order valence-corrected chi connectivity index (χ4v) is 5.11. The minimum absolute atomic E-state index is 0.00994. The quantitative estimate of drug-likeness (QED) is 0.254. The number of nitrogen functional groups attached to an aromatic ring is 1. The highest BCUT2D eigenvalue weighted by molar-refractivity contribution is 5.99. The molecule has 13 heteroatoms. The molecule has 10 nitrogen and oxygen atoms in total. The largest absolute Gasteiger partial charge is 0.454 e. The van der Waals surface area contributed by atoms with Gasteiger partial charge >= 0.3 is 0 Å². The molecule has 4 aromatic rings. The van der Waals surface area contributed by atoms with Crippen molar-refractivity contribution in [3.63, 3.8) is 0 Å². The number of ether oxygens (including phenoxy) is 1. The Hall–Kier alpha value is -4.96. The second-order valence-electron chi connectivity index (χ2n) is 10.5. The molecule has 1 aliphatic heterocycles. The zero-order valence-electron chi connectivity index (χ0n) is 22.2. The lowest BCUT2D eigenvalue weighted by molar-refractivity contribution is -0.128. The van der Waals surface area contributed by atoms with Crippen molar-refractivity contribution in [1.29, 1.82) is 5.26 Å². The van der Waals surface area contributed by atoms with E-state index in [9.17, 15) is 18.8 Å². The number of amides is 1. The summed E-state index contributed by atoms with van der Waals surface area (Å²) in [7, 11) is 0. The van der Waals surface area contributed by atoms with Crippen molar-refractivity contribution in [3.05, 3.63) is 71.8 Å². The zero-order valence-corrected chi connectivity index (χ0v) is 22.2. The minimum Gasteiger partial charge on any atom is -0.454 e. The fraction of sp³-hybridized carbons (Fsp3) is 0.276. The van der Waals surface area contributed by atoms with Gasteiger partial charge in [0.15, 0.2) is 17.2 Å². The summed E-state index contributed by atoms with van der Waals surface area (Å²) in [5, 5.41) is 14.6. The van der Waals surface area contributed by atoms with Crippen molar-refractivity contribution in [2.24, 2.45) is 5.73 Å². The van der Waals surface area contributed by atoms with Crippen LogP contribution in [0.4, 0.5) is 19.0 Å². The van der Waals surface area contributed by atoms with Crippen LogP contribution in [0, 0.1) is 28.8 Å². The highest BCUT2D eigenvalue weighted by Gasteiger charge is 2.38. The van der Waals surface area contributed by atoms with E-state index in [1.54, 1.807) is 15.7 Å². The second kappa shape index (κ2) is 10.5. The smallest absolute Gasteiger partial charge is 0.264 e. The Kier molecular flexibility index (Phi) is 6.78. The molecular formula is C29H25F3N8O2. The average molecular weight is 575 g/mol. The average Bonchev–Trinajstić information content (AvgIpc) is 3.58. The third-order valence-corrected chi connectivity index (χ3v) is 7.50. The van der Waals surface area contributed by atoms with E-state index in [0.717, 1.165) is 25.0 Å². The van der Waals surface area contributed by atoms with Crippen molar-refractivity contribution in [1.82, 2.24) is 24.6 Å². The van der Waals surface area contributed by atoms with Gasteiger partial charge in [0, 0.05) is 30.3 Å². The number of nitrogens with two attached hydrogens (primary N) is 2. The summed E-state index contributed by atoms with van der Waals surface area (Å²) in [6.07, 6.45) is 5.55. The molecule has 0 bridgehead atoms. The summed E-state index contributed by atoms with van der Waals surface area (Å²) in [6.45, 7) is 0.696. The molecule has 4 N–H and O–H groups in total. The molecule has 1 amide bonds. The van der Waals surface area contributed by atoms with Crippen LogP contribution in [-0.2, 0) is 4.79 Å². The molecule has 1 aliphatic carbocycles. The highest BCUT2D eigenvalue weighted by Crippen LogP contribution is 2.38. The summed E-state index contributed by atoms with van der Waals surface area (Å²) in [5.74, 6) is -3.80. The molecule has 0 unspecified atom stereocenters. The number of halogens is 3. The van der Waals surface area contributed by atoms with E-state index < -0.39 is 28.9 Å². The molecule has 2 aliphatic rings. The van der Waals surface area contributed by atoms with E-state index >= 15 is 4.39 Å². The number of rotatable bonds is 6. The molecule has 0 radical (unpaired) electrons. The third-order valence-electron chi connectivity index (χ3n) is 7.50. The van der Waals surface area contributed by atoms with Gasteiger partial charge in [-0.3, -0.25) is 4.79 Å². The molecule has 1 saturated carbocycles. The number of nitriles is 1. The van der Waals surface area contributed by atoms with E-state index in [2.05, 4.69) is 15.1 Å². The van der Waals surface area contributed by atoms with Crippen LogP contribution in [0.2, 0.25) is 0 Å². The number of hydrogen-bond acceptors (Lipinski definition) is 8. The first-order valence-corrected chi connectivity index (χ1v) is 13.3. The van der Waals surface area contributed by atoms with Gasteiger partial charge in [0.25, 0.3) is 5.91 Å². The van der Waals surface area contributed by atoms with Gasteiger partial charge < -0.3 is 21.1 Å². The third kappa shape index (κ3) is 5.01. The van der Waals surface area contributed by atoms with Crippen molar-refractivity contribution in [2.45, 2.75) is 37.3 Å². The Morgan fingerprint density at radius 1 is 1.17 bits per heavy atom. The Labute approximate surface area is 238 Å². The van der Waals surface area contributed by atoms with Gasteiger partial charge in [0.2, 0.25) is 5.82 Å². The highest BCUT2D eigenvalue weighted by atomic mass is 19.2. The first-order chi connectivity index (χ1) is 20.2. The molecule has 6 rings (SSSR count). The van der Waals surface area contributed by atoms with E-state index in [-0.39, 0.29) is 46.7 Å². The molecule has 1 saturated heterocycles. The predicted molar refractivity (Wildman–Crippen MR) is 146 cm³/mol. The lowest BCUT2D eigenvalue weighted by Gasteiger charge is -2.33. The van der Waals surface area contributed by atoms with Crippen LogP contribution < -0.4 is 16.2 Å². The van der Waals surface area contributed by atoms with Crippen LogP contribution in [0.15, 0.2) is 54.4 Å². The Balaban J connectivity index is 1.33. The van der Waals surface area contributed by atoms with E-state index in [4.69, 9.17) is 16.2 Å². The number of likely N-dealkylation sites (tertiary alicyclic amines) is 1. The van der Waals surface area contributed by atoms with Crippen molar-refractivity contribution >= 4 is 22.8 Å². The standard InChI is InChI=1S/C29H25F3N8O2/c30-20-4-1-5-22(24(20)32)42-18-6-7-19(21(31)11-18)25-23-26(34)36-15-37-27(23)40(38-25)17-3-2-10-39(14-17)28(41)16(13-33)12-29(35)8-9-29/h1,4-7,11-12,15,17H,2-3,8-10,14,35H2,(H2,34,36,37)/t17-/m0/s1. The zero-order chi connectivity index (χ0) is 29.6. The van der Waals surface area contributed by atoms with Gasteiger partial charge in [-0.25, -0.2) is 23.4 Å². The summed E-state index contributed by atoms with van der Waals surface area (Å²) in [4.78, 5) is 23.2. The molecule has 3 heterocycles. The fourth-order valence-electron chi connectivity index (χ4n) is 5.11. The number of benzene rings is 2. The molecule has 2 aromatic carbocycles. The maximum atomic E-state index is 15.5. The molecule has 214 valence electrons. The van der Waals surface area contributed by atoms with E-state index in [1.165, 1.54) is 30.6 Å². The number of anilines is 1. The first kappa shape index (κ1) is 27.2. The Morgan fingerprint density at radius 3 is 2.71 bits per heavy atom. The van der Waals surface area contributed by atoms with Gasteiger partial charge in [0.1, 0.15) is 41.0 Å². The van der Waals surface area contributed by atoms with Crippen LogP contribution in [0.25, 0.3) is 22.3 Å². The number of aromatic nitrogens is 4. The number of nitrogens with zero attached hydrogens (tertiary/aromatic N) is 6. The van der Waals surface area contributed by atoms with Crippen LogP contribution in [0.1, 0.15) is 31.7 Å². The molecule has 42 heavy (non-hydrogen) atoms. The lowest BCUT2D eigenvalue weighted by Crippen LogP contribution is -2.42. The number of carbonyl (C=O) groups is 1. The maximum absolute atomic E-state index is 15.5. The first-order valence-electron chi connectivity index (χ1n) is 13.3. The summed E-state index contributed by atoms with van der Waals surface area (Å²) in [6, 6.07) is 8.91. The van der Waals surface area contributed by atoms with Gasteiger partial charge in [-0.15, -0.1) is 0 Å². The van der Waals surface area contributed by atoms with Crippen molar-refractivity contribution in [2.75, 3.05) is 18.8 Å². The SMILES string of the molecule is N#CC(=CC1(N)CC1)C(=O)N1CCC[C@H](n2nc(-c3ccc(Oc4cccc(F)c4F)cc3F)c3c(N)ncnc32)C1. The summed E-state index contributed by atoms with van der Waals surface area (Å²) >= 11 is 0. The van der Waals surface area contributed by atoms with Crippen LogP contribution in [-0.4, -0.2) is 49.2 Å². The monoisotopic (exact) mass is 574 g/mol. The van der Waals surface area contributed by atoms with Gasteiger partial charge in [0.05, 0.1) is 11.4 Å². The van der Waals surface area contributed by atoms with E-state index in [0.29, 0.717) is 30.4 Å². The van der Waals surface area contributed by atoms with Crippen LogP contribution >= 0.6 is 0 Å². The topological polar surface area (TPSA) is 149 Å². The molecule has 2 aromatic heterocycles. The lowest BCUT2D eigenvalue weighted by atomic mass is 10.0. The molecule has 0 spiro atoms. The number of fused-ring (bicyclic) bond motifs is 1. The van der Waals surface area contributed by atoms with Gasteiger partial charge in [-0.05, 0) is 56.0 Å². The van der Waals surface area contributed by atoms with Crippen molar-refractivity contribution < 1.29 is 22.7 Å². The van der Waals surface area contributed by atoms with Crippen LogP contribution in [0.3, 0.4) is 0 Å². The Morgan fingerprint density at radius 2 is 1.98 bits per heavy atom. The number of carbonyl (C=O) groups excluding carboxylic acids is 1. The van der Waals surface area contributed by atoms with Gasteiger partial charge in [-0.1, -0.05) is 6.07 Å². The predicted octanol–water partition coefficient (Wildman–Crippen LogP) is 4.39. The van der Waals surface area contributed by atoms with E-state index in [1.807, 2.05) is 6.07 Å². The summed E-state index contributed by atoms with van der Waals surface area (Å²) < 4.78 is 50.1. The molecule has 2 fully saturated rings. The summed E-state index contributed by atoms with van der Waals surface area (Å²) in [5.41, 5.74) is 12.3. The molecule has 1 atom stereocenters.